The Morgan fingerprint density at radius 2 is 1.85 bits per heavy atom. The zero-order valence-corrected chi connectivity index (χ0v) is 19.2. The van der Waals surface area contributed by atoms with E-state index in [1.807, 2.05) is 6.26 Å². The smallest absolute Gasteiger partial charge is 0.252 e. The standard InChI is InChI=1S/C18H39FN4O2S2/c1-5-6-14-23(3,25-17-18(24)20-11-16-27-26-4)15-8-7-12-22(2)13-9-10-21-19/h21H,5-17H2,1-4H3/p+1. The molecule has 0 aromatic carbocycles. The highest BCUT2D eigenvalue weighted by Crippen LogP contribution is 2.15. The fourth-order valence-electron chi connectivity index (χ4n) is 2.67. The minimum absolute atomic E-state index is 0.0428. The van der Waals surface area contributed by atoms with Crippen LogP contribution in [0.3, 0.4) is 0 Å². The highest BCUT2D eigenvalue weighted by molar-refractivity contribution is 8.76. The number of hydrogen-bond acceptors (Lipinski definition) is 6. The molecule has 0 rings (SSSR count). The number of hydroxylamine groups is 3. The lowest BCUT2D eigenvalue weighted by molar-refractivity contribution is -1.09. The van der Waals surface area contributed by atoms with Crippen LogP contribution in [0.1, 0.15) is 39.0 Å². The monoisotopic (exact) mass is 427 g/mol. The van der Waals surface area contributed by atoms with Crippen LogP contribution in [0.4, 0.5) is 4.48 Å². The first kappa shape index (κ1) is 26.9. The summed E-state index contributed by atoms with van der Waals surface area (Å²) in [6, 6.07) is 0. The molecule has 1 amide bonds. The van der Waals surface area contributed by atoms with Crippen LogP contribution in [0.5, 0.6) is 0 Å². The predicted octanol–water partition coefficient (Wildman–Crippen LogP) is 2.87. The first-order valence-corrected chi connectivity index (χ1v) is 12.6. The first-order chi connectivity index (χ1) is 13.0. The van der Waals surface area contributed by atoms with Crippen LogP contribution in [0.2, 0.25) is 0 Å². The van der Waals surface area contributed by atoms with Gasteiger partial charge in [0.2, 0.25) is 0 Å². The molecule has 0 spiro atoms. The topological polar surface area (TPSA) is 53.6 Å². The molecule has 0 saturated heterocycles. The Bertz CT molecular complexity index is 370. The number of hydrogen-bond donors (Lipinski definition) is 2. The lowest BCUT2D eigenvalue weighted by atomic mass is 10.2. The molecule has 162 valence electrons. The third-order valence-corrected chi connectivity index (χ3v) is 6.16. The average Bonchev–Trinajstić information content (AvgIpc) is 2.66. The van der Waals surface area contributed by atoms with E-state index >= 15 is 0 Å². The summed E-state index contributed by atoms with van der Waals surface area (Å²) in [5.74, 6) is 0.864. The van der Waals surface area contributed by atoms with Gasteiger partial charge in [-0.25, -0.2) is 0 Å². The third-order valence-electron chi connectivity index (χ3n) is 4.35. The van der Waals surface area contributed by atoms with Gasteiger partial charge < -0.3 is 10.2 Å². The van der Waals surface area contributed by atoms with Crippen LogP contribution >= 0.6 is 21.6 Å². The van der Waals surface area contributed by atoms with Crippen LogP contribution in [0.15, 0.2) is 0 Å². The van der Waals surface area contributed by atoms with E-state index < -0.39 is 0 Å². The second kappa shape index (κ2) is 18.0. The summed E-state index contributed by atoms with van der Waals surface area (Å²) in [6.45, 7) is 7.07. The normalized spacial score (nSPS) is 13.7. The van der Waals surface area contributed by atoms with Gasteiger partial charge in [-0.15, -0.1) is 4.48 Å². The molecule has 1 unspecified atom stereocenters. The number of quaternary nitrogens is 1. The molecule has 0 heterocycles. The van der Waals surface area contributed by atoms with E-state index in [9.17, 15) is 9.28 Å². The molecule has 1 atom stereocenters. The summed E-state index contributed by atoms with van der Waals surface area (Å²) in [6.07, 6.45) is 7.15. The molecule has 0 saturated carbocycles. The van der Waals surface area contributed by atoms with Gasteiger partial charge in [0.1, 0.15) is 13.1 Å². The Balaban J connectivity index is 4.12. The Hall–Kier alpha value is -0.0600. The van der Waals surface area contributed by atoms with Gasteiger partial charge in [0.05, 0.1) is 7.05 Å². The van der Waals surface area contributed by atoms with E-state index in [2.05, 4.69) is 31.2 Å². The molecular formula is C18H40FN4O2S2+. The highest BCUT2D eigenvalue weighted by atomic mass is 33.1. The molecule has 0 aliphatic heterocycles. The van der Waals surface area contributed by atoms with Crippen LogP contribution in [0, 0.1) is 0 Å². The van der Waals surface area contributed by atoms with E-state index in [1.165, 1.54) is 0 Å². The van der Waals surface area contributed by atoms with Gasteiger partial charge >= 0.3 is 0 Å². The van der Waals surface area contributed by atoms with Crippen molar-refractivity contribution in [2.75, 3.05) is 72.0 Å². The predicted molar refractivity (Wildman–Crippen MR) is 116 cm³/mol. The third kappa shape index (κ3) is 16.6. The van der Waals surface area contributed by atoms with Gasteiger partial charge in [-0.3, -0.25) is 4.79 Å². The number of amides is 1. The van der Waals surface area contributed by atoms with Crippen molar-refractivity contribution in [2.24, 2.45) is 0 Å². The van der Waals surface area contributed by atoms with Gasteiger partial charge in [0.15, 0.2) is 6.61 Å². The van der Waals surface area contributed by atoms with Crippen molar-refractivity contribution in [3.05, 3.63) is 0 Å². The molecule has 0 aromatic heterocycles. The number of carbonyl (C=O) groups is 1. The second-order valence-corrected chi connectivity index (χ2v) is 9.64. The Morgan fingerprint density at radius 3 is 2.52 bits per heavy atom. The summed E-state index contributed by atoms with van der Waals surface area (Å²) >= 11 is 0. The van der Waals surface area contributed by atoms with Crippen molar-refractivity contribution < 1.29 is 18.8 Å². The zero-order valence-electron chi connectivity index (χ0n) is 17.6. The van der Waals surface area contributed by atoms with E-state index in [1.54, 1.807) is 27.1 Å². The van der Waals surface area contributed by atoms with Crippen molar-refractivity contribution in [1.29, 1.82) is 0 Å². The number of halogens is 1. The largest absolute Gasteiger partial charge is 0.353 e. The number of nitrogens with one attached hydrogen (secondary N) is 2. The molecule has 6 nitrogen and oxygen atoms in total. The molecule has 0 bridgehead atoms. The van der Waals surface area contributed by atoms with Crippen LogP contribution < -0.4 is 10.9 Å². The fraction of sp³-hybridized carbons (Fsp3) is 0.944. The van der Waals surface area contributed by atoms with Crippen molar-refractivity contribution in [3.63, 3.8) is 0 Å². The van der Waals surface area contributed by atoms with Gasteiger partial charge in [-0.2, -0.15) is 15.0 Å². The van der Waals surface area contributed by atoms with E-state index in [0.29, 0.717) is 17.7 Å². The summed E-state index contributed by atoms with van der Waals surface area (Å²) in [5, 5.41) is 2.91. The maximum Gasteiger partial charge on any atom is 0.252 e. The number of carbonyl (C=O) groups excluding carboxylic acids is 1. The lowest BCUT2D eigenvalue weighted by Crippen LogP contribution is -2.48. The van der Waals surface area contributed by atoms with Crippen molar-refractivity contribution in [3.8, 4) is 0 Å². The Kier molecular flexibility index (Phi) is 18.0. The van der Waals surface area contributed by atoms with Gasteiger partial charge in [0.25, 0.3) is 5.91 Å². The first-order valence-electron chi connectivity index (χ1n) is 9.91. The molecule has 0 aliphatic rings. The number of rotatable bonds is 19. The molecule has 9 heteroatoms. The fourth-order valence-corrected chi connectivity index (χ4v) is 3.77. The summed E-state index contributed by atoms with van der Waals surface area (Å²) in [5.41, 5.74) is 1.69. The van der Waals surface area contributed by atoms with E-state index in [-0.39, 0.29) is 12.5 Å². The maximum atomic E-state index is 12.0. The van der Waals surface area contributed by atoms with Crippen LogP contribution in [0.25, 0.3) is 0 Å². The molecular weight excluding hydrogens is 387 g/mol. The molecule has 0 aromatic rings. The highest BCUT2D eigenvalue weighted by Gasteiger charge is 2.24. The lowest BCUT2D eigenvalue weighted by Gasteiger charge is -2.31. The maximum absolute atomic E-state index is 12.0. The quantitative estimate of drug-likeness (QED) is 0.109. The zero-order chi connectivity index (χ0) is 20.4. The molecule has 27 heavy (non-hydrogen) atoms. The molecule has 2 N–H and O–H groups in total. The number of nitrogens with zero attached hydrogens (tertiary/aromatic N) is 2. The van der Waals surface area contributed by atoms with Crippen LogP contribution in [-0.4, -0.2) is 87.4 Å². The van der Waals surface area contributed by atoms with E-state index in [0.717, 1.165) is 64.0 Å². The molecule has 0 radical (unpaired) electrons. The van der Waals surface area contributed by atoms with Crippen molar-refractivity contribution in [1.82, 2.24) is 15.8 Å². The number of unbranched alkanes of at least 4 members (excludes halogenated alkanes) is 2. The van der Waals surface area contributed by atoms with Crippen molar-refractivity contribution in [2.45, 2.75) is 39.0 Å². The van der Waals surface area contributed by atoms with Gasteiger partial charge in [-0.05, 0) is 45.7 Å². The molecule has 0 fully saturated rings. The van der Waals surface area contributed by atoms with Crippen molar-refractivity contribution >= 4 is 27.5 Å². The SMILES string of the molecule is CCCC[N+](C)(CCCCN(C)CCCNF)OCC(=O)NCCSSC. The molecule has 0 aliphatic carbocycles. The minimum atomic E-state index is -0.0428. The Labute approximate surface area is 173 Å². The van der Waals surface area contributed by atoms with Gasteiger partial charge in [-0.1, -0.05) is 34.9 Å². The van der Waals surface area contributed by atoms with E-state index in [4.69, 9.17) is 4.84 Å². The van der Waals surface area contributed by atoms with Gasteiger partial charge in [0, 0.05) is 25.3 Å². The summed E-state index contributed by atoms with van der Waals surface area (Å²) in [7, 11) is 7.59. The second-order valence-electron chi connectivity index (χ2n) is 6.96. The average molecular weight is 428 g/mol. The Morgan fingerprint density at radius 1 is 1.15 bits per heavy atom. The minimum Gasteiger partial charge on any atom is -0.353 e. The summed E-state index contributed by atoms with van der Waals surface area (Å²) in [4.78, 5) is 20.2. The van der Waals surface area contributed by atoms with Crippen LogP contribution in [-0.2, 0) is 9.63 Å². The summed E-state index contributed by atoms with van der Waals surface area (Å²) < 4.78 is 12.4.